The van der Waals surface area contributed by atoms with E-state index in [-0.39, 0.29) is 6.42 Å². The second kappa shape index (κ2) is 9.20. The number of alkyl halides is 9. The number of unbranched alkanes of at least 4 members (excludes halogenated alkanes) is 1. The zero-order valence-corrected chi connectivity index (χ0v) is 17.2. The Bertz CT molecular complexity index is 671. The first-order chi connectivity index (χ1) is 12.8. The quantitative estimate of drug-likeness (QED) is 0.351. The third-order valence-corrected chi connectivity index (χ3v) is 9.66. The Labute approximate surface area is 163 Å². The van der Waals surface area contributed by atoms with Crippen LogP contribution in [0.1, 0.15) is 40.0 Å². The summed E-state index contributed by atoms with van der Waals surface area (Å²) in [5.41, 5.74) is 0. The Kier molecular flexibility index (Phi) is 8.98. The van der Waals surface area contributed by atoms with Gasteiger partial charge in [-0.1, -0.05) is 27.2 Å². The summed E-state index contributed by atoms with van der Waals surface area (Å²) in [6, 6.07) is 0. The number of Topliss-reactive ketones (excluding diaryl/α,β-unsaturated/α-hetero) is 1. The van der Waals surface area contributed by atoms with Crippen molar-refractivity contribution in [3.63, 3.8) is 0 Å². The maximum Gasteiger partial charge on any atom is 0.460 e. The molecule has 15 heteroatoms. The van der Waals surface area contributed by atoms with Crippen molar-refractivity contribution in [3.05, 3.63) is 0 Å². The van der Waals surface area contributed by atoms with Gasteiger partial charge in [0.15, 0.2) is 0 Å². The molecule has 0 saturated carbocycles. The third-order valence-electron chi connectivity index (χ3n) is 3.95. The van der Waals surface area contributed by atoms with Crippen LogP contribution in [0.15, 0.2) is 0 Å². The topological polar surface area (TPSA) is 60.4 Å². The van der Waals surface area contributed by atoms with E-state index in [0.717, 1.165) is 0 Å². The molecule has 0 bridgehead atoms. The van der Waals surface area contributed by atoms with Crippen molar-refractivity contribution in [2.75, 3.05) is 17.3 Å². The number of hydrogen-bond donors (Lipinski definition) is 0. The molecule has 0 aromatic heterocycles. The second-order valence-electron chi connectivity index (χ2n) is 6.02. The number of carbonyl (C=O) groups excluding carboxylic acids is 1. The van der Waals surface area contributed by atoms with E-state index >= 15 is 0 Å². The average Bonchev–Trinajstić information content (AvgIpc) is 2.57. The molecule has 0 aliphatic heterocycles. The summed E-state index contributed by atoms with van der Waals surface area (Å²) in [5.74, 6) is -17.0. The molecule has 0 N–H and O–H groups in total. The van der Waals surface area contributed by atoms with Crippen LogP contribution in [0.5, 0.6) is 0 Å². The monoisotopic (exact) mass is 488 g/mol. The first-order valence-corrected chi connectivity index (χ1v) is 11.7. The number of carbonyl (C=O) groups is 1. The molecule has 0 rings (SSSR count). The Morgan fingerprint density at radius 1 is 0.828 bits per heavy atom. The van der Waals surface area contributed by atoms with Crippen LogP contribution in [0.2, 0.25) is 0 Å². The maximum atomic E-state index is 13.8. The van der Waals surface area contributed by atoms with Gasteiger partial charge in [-0.2, -0.15) is 47.9 Å². The summed E-state index contributed by atoms with van der Waals surface area (Å²) < 4.78 is 145. The summed E-state index contributed by atoms with van der Waals surface area (Å²) in [7, 11) is -10.3. The van der Waals surface area contributed by atoms with Crippen molar-refractivity contribution in [2.45, 2.75) is 63.3 Å². The standard InChI is InChI=1S/C14H21F9O4S2/c1-4-7-8-10(24)9-28(5-2,6-3)27-29(25,26)14(22,23)12(17,18)11(15,16)13(19,20)21/h4-9H2,1-3H3. The van der Waals surface area contributed by atoms with Crippen molar-refractivity contribution in [1.82, 2.24) is 0 Å². The zero-order valence-electron chi connectivity index (χ0n) is 15.6. The first-order valence-electron chi connectivity index (χ1n) is 8.22. The Hall–Kier alpha value is -0.700. The van der Waals surface area contributed by atoms with E-state index in [4.69, 9.17) is 0 Å². The van der Waals surface area contributed by atoms with Crippen LogP contribution in [0, 0.1) is 0 Å². The maximum absolute atomic E-state index is 13.8. The van der Waals surface area contributed by atoms with Crippen molar-refractivity contribution >= 4 is 26.2 Å². The molecule has 0 amide bonds. The molecule has 176 valence electrons. The summed E-state index contributed by atoms with van der Waals surface area (Å²) in [5, 5.41) is -6.92. The van der Waals surface area contributed by atoms with Gasteiger partial charge >= 0.3 is 33.4 Å². The van der Waals surface area contributed by atoms with Crippen molar-refractivity contribution in [3.8, 4) is 0 Å². The number of ketones is 1. The molecule has 29 heavy (non-hydrogen) atoms. The van der Waals surface area contributed by atoms with Crippen LogP contribution in [-0.2, 0) is 18.5 Å². The molecule has 0 spiro atoms. The third kappa shape index (κ3) is 5.51. The predicted octanol–water partition coefficient (Wildman–Crippen LogP) is 5.28. The van der Waals surface area contributed by atoms with Gasteiger partial charge in [0.1, 0.15) is 5.78 Å². The van der Waals surface area contributed by atoms with Gasteiger partial charge in [-0.15, -0.1) is 10.3 Å². The molecule has 0 heterocycles. The minimum atomic E-state index is -7.37. The van der Waals surface area contributed by atoms with Gasteiger partial charge in [0, 0.05) is 6.42 Å². The van der Waals surface area contributed by atoms with E-state index < -0.39 is 66.7 Å². The van der Waals surface area contributed by atoms with Gasteiger partial charge in [-0.05, 0) is 17.9 Å². The molecular weight excluding hydrogens is 467 g/mol. The molecule has 0 saturated heterocycles. The van der Waals surface area contributed by atoms with E-state index in [1.54, 1.807) is 6.92 Å². The van der Waals surface area contributed by atoms with Crippen molar-refractivity contribution in [2.24, 2.45) is 0 Å². The SMILES string of the molecule is CCCCC(=O)CS(CC)(CC)OS(=O)(=O)C(F)(F)C(F)(F)C(F)(F)C(F)(F)F. The summed E-state index contributed by atoms with van der Waals surface area (Å²) in [6.07, 6.45) is -6.37. The highest BCUT2D eigenvalue weighted by atomic mass is 32.3. The van der Waals surface area contributed by atoms with E-state index in [1.165, 1.54) is 13.8 Å². The minimum absolute atomic E-state index is 0.104. The number of halogens is 9. The lowest BCUT2D eigenvalue weighted by Crippen LogP contribution is -2.63. The lowest BCUT2D eigenvalue weighted by molar-refractivity contribution is -0.382. The first kappa shape index (κ1) is 28.3. The summed E-state index contributed by atoms with van der Waals surface area (Å²) in [4.78, 5) is 11.9. The molecule has 0 aliphatic rings. The van der Waals surface area contributed by atoms with E-state index in [2.05, 4.69) is 3.63 Å². The highest BCUT2D eigenvalue weighted by molar-refractivity contribution is 8.33. The highest BCUT2D eigenvalue weighted by Gasteiger charge is 2.86. The fourth-order valence-electron chi connectivity index (χ4n) is 2.02. The van der Waals surface area contributed by atoms with Crippen molar-refractivity contribution < 1.29 is 56.4 Å². The van der Waals surface area contributed by atoms with E-state index in [9.17, 15) is 52.7 Å². The number of rotatable bonds is 12. The second-order valence-corrected chi connectivity index (χ2v) is 11.4. The van der Waals surface area contributed by atoms with Crippen LogP contribution in [-0.4, -0.2) is 54.7 Å². The Balaban J connectivity index is 6.09. The average molecular weight is 488 g/mol. The molecule has 0 fully saturated rings. The lowest BCUT2D eigenvalue weighted by Gasteiger charge is -2.39. The van der Waals surface area contributed by atoms with Gasteiger partial charge in [0.2, 0.25) is 0 Å². The fourth-order valence-corrected chi connectivity index (χ4v) is 6.83. The van der Waals surface area contributed by atoms with Gasteiger partial charge < -0.3 is 0 Å². The smallest absolute Gasteiger partial charge is 0.299 e. The molecule has 0 aliphatic carbocycles. The Morgan fingerprint density at radius 2 is 1.28 bits per heavy atom. The molecule has 0 unspecified atom stereocenters. The van der Waals surface area contributed by atoms with Crippen LogP contribution >= 0.6 is 10.3 Å². The van der Waals surface area contributed by atoms with Gasteiger partial charge in [-0.3, -0.25) is 4.79 Å². The molecule has 0 aromatic carbocycles. The molecule has 0 radical (unpaired) electrons. The lowest BCUT2D eigenvalue weighted by atomic mass is 10.1. The summed E-state index contributed by atoms with van der Waals surface area (Å²) in [6.45, 7) is 4.07. The summed E-state index contributed by atoms with van der Waals surface area (Å²) >= 11 is 0. The fraction of sp³-hybridized carbons (Fsp3) is 0.929. The predicted molar refractivity (Wildman–Crippen MR) is 89.0 cm³/mol. The van der Waals surface area contributed by atoms with Crippen LogP contribution in [0.25, 0.3) is 0 Å². The van der Waals surface area contributed by atoms with Crippen molar-refractivity contribution in [1.29, 1.82) is 0 Å². The molecule has 0 aromatic rings. The Morgan fingerprint density at radius 3 is 1.62 bits per heavy atom. The van der Waals surface area contributed by atoms with Crippen LogP contribution < -0.4 is 0 Å². The van der Waals surface area contributed by atoms with Crippen LogP contribution in [0.4, 0.5) is 39.5 Å². The molecule has 4 nitrogen and oxygen atoms in total. The minimum Gasteiger partial charge on any atom is -0.299 e. The zero-order chi connectivity index (χ0) is 23.5. The highest BCUT2D eigenvalue weighted by Crippen LogP contribution is 2.58. The molecule has 0 atom stereocenters. The van der Waals surface area contributed by atoms with E-state index in [1.807, 2.05) is 0 Å². The van der Waals surface area contributed by atoms with Gasteiger partial charge in [0.05, 0.1) is 5.75 Å². The van der Waals surface area contributed by atoms with Gasteiger partial charge in [0.25, 0.3) is 0 Å². The molecular formula is C14H21F9O4S2. The van der Waals surface area contributed by atoms with Crippen LogP contribution in [0.3, 0.4) is 0 Å². The number of hydrogen-bond acceptors (Lipinski definition) is 4. The van der Waals surface area contributed by atoms with E-state index in [0.29, 0.717) is 12.8 Å². The van der Waals surface area contributed by atoms with Gasteiger partial charge in [-0.25, -0.2) is 3.63 Å². The largest absolute Gasteiger partial charge is 0.460 e. The normalized spacial score (nSPS) is 15.4.